The van der Waals surface area contributed by atoms with E-state index in [1.54, 1.807) is 30.5 Å². The summed E-state index contributed by atoms with van der Waals surface area (Å²) in [4.78, 5) is 20.2. The van der Waals surface area contributed by atoms with Crippen molar-refractivity contribution < 1.29 is 13.6 Å². The standard InChI is InChI=1S/C16H12FN3O2/c17-13-5-3-11(4-6-13)15-18-8-12(9-19-15)16(21)20-10-14-2-1-7-22-14/h1-9H,10H2,(H,20,21). The third-order valence-electron chi connectivity index (χ3n) is 3.02. The lowest BCUT2D eigenvalue weighted by atomic mass is 10.2. The molecule has 0 radical (unpaired) electrons. The Balaban J connectivity index is 1.68. The molecule has 1 aromatic carbocycles. The molecule has 0 fully saturated rings. The highest BCUT2D eigenvalue weighted by molar-refractivity contribution is 5.93. The van der Waals surface area contributed by atoms with Crippen LogP contribution in [0.2, 0.25) is 0 Å². The molecule has 0 saturated heterocycles. The number of rotatable bonds is 4. The van der Waals surface area contributed by atoms with E-state index in [2.05, 4.69) is 15.3 Å². The molecular formula is C16H12FN3O2. The maximum absolute atomic E-state index is 12.9. The van der Waals surface area contributed by atoms with E-state index in [4.69, 9.17) is 4.42 Å². The van der Waals surface area contributed by atoms with Crippen molar-refractivity contribution in [3.8, 4) is 11.4 Å². The van der Waals surface area contributed by atoms with Crippen LogP contribution in [-0.4, -0.2) is 15.9 Å². The predicted molar refractivity (Wildman–Crippen MR) is 77.3 cm³/mol. The maximum Gasteiger partial charge on any atom is 0.254 e. The van der Waals surface area contributed by atoms with Crippen molar-refractivity contribution in [2.75, 3.05) is 0 Å². The summed E-state index contributed by atoms with van der Waals surface area (Å²) in [6.07, 6.45) is 4.41. The molecule has 22 heavy (non-hydrogen) atoms. The van der Waals surface area contributed by atoms with E-state index >= 15 is 0 Å². The smallest absolute Gasteiger partial charge is 0.254 e. The first kappa shape index (κ1) is 13.9. The molecule has 5 nitrogen and oxygen atoms in total. The van der Waals surface area contributed by atoms with Gasteiger partial charge in [0.1, 0.15) is 11.6 Å². The van der Waals surface area contributed by atoms with Gasteiger partial charge in [-0.15, -0.1) is 0 Å². The van der Waals surface area contributed by atoms with Crippen LogP contribution in [0.1, 0.15) is 16.1 Å². The Morgan fingerprint density at radius 2 is 1.86 bits per heavy atom. The first-order valence-corrected chi connectivity index (χ1v) is 6.61. The molecular weight excluding hydrogens is 285 g/mol. The zero-order chi connectivity index (χ0) is 15.4. The van der Waals surface area contributed by atoms with Gasteiger partial charge in [-0.25, -0.2) is 14.4 Å². The van der Waals surface area contributed by atoms with E-state index in [-0.39, 0.29) is 11.7 Å². The Morgan fingerprint density at radius 3 is 2.50 bits per heavy atom. The largest absolute Gasteiger partial charge is 0.467 e. The lowest BCUT2D eigenvalue weighted by Gasteiger charge is -2.04. The molecule has 0 spiro atoms. The zero-order valence-electron chi connectivity index (χ0n) is 11.5. The molecule has 0 saturated carbocycles. The van der Waals surface area contributed by atoms with Crippen LogP contribution < -0.4 is 5.32 Å². The first-order chi connectivity index (χ1) is 10.7. The summed E-state index contributed by atoms with van der Waals surface area (Å²) in [6.45, 7) is 0.297. The second kappa shape index (κ2) is 6.17. The van der Waals surface area contributed by atoms with Gasteiger partial charge in [0.15, 0.2) is 5.82 Å². The quantitative estimate of drug-likeness (QED) is 0.804. The Kier molecular flexibility index (Phi) is 3.91. The van der Waals surface area contributed by atoms with E-state index in [1.807, 2.05) is 0 Å². The fourth-order valence-electron chi connectivity index (χ4n) is 1.88. The summed E-state index contributed by atoms with van der Waals surface area (Å²) in [5.74, 6) is 0.486. The summed E-state index contributed by atoms with van der Waals surface area (Å²) in [6, 6.07) is 9.37. The lowest BCUT2D eigenvalue weighted by Crippen LogP contribution is -2.22. The van der Waals surface area contributed by atoms with Gasteiger partial charge in [0, 0.05) is 18.0 Å². The molecule has 0 aliphatic heterocycles. The van der Waals surface area contributed by atoms with Crippen LogP contribution in [0.5, 0.6) is 0 Å². The molecule has 1 N–H and O–H groups in total. The van der Waals surface area contributed by atoms with Crippen molar-refractivity contribution >= 4 is 5.91 Å². The van der Waals surface area contributed by atoms with Crippen molar-refractivity contribution in [3.63, 3.8) is 0 Å². The Hall–Kier alpha value is -3.02. The van der Waals surface area contributed by atoms with E-state index < -0.39 is 0 Å². The third-order valence-corrected chi connectivity index (χ3v) is 3.02. The highest BCUT2D eigenvalue weighted by Crippen LogP contribution is 2.14. The molecule has 3 rings (SSSR count). The van der Waals surface area contributed by atoms with Gasteiger partial charge in [-0.2, -0.15) is 0 Å². The highest BCUT2D eigenvalue weighted by atomic mass is 19.1. The van der Waals surface area contributed by atoms with Gasteiger partial charge in [0.25, 0.3) is 5.91 Å². The molecule has 0 aliphatic rings. The Bertz CT molecular complexity index is 753. The number of aromatic nitrogens is 2. The first-order valence-electron chi connectivity index (χ1n) is 6.61. The molecule has 0 aliphatic carbocycles. The molecule has 1 amide bonds. The summed E-state index contributed by atoms with van der Waals surface area (Å²) in [5.41, 5.74) is 1.03. The minimum atomic E-state index is -0.322. The predicted octanol–water partition coefficient (Wildman–Crippen LogP) is 2.81. The molecule has 2 heterocycles. The van der Waals surface area contributed by atoms with Gasteiger partial charge in [-0.05, 0) is 36.4 Å². The average molecular weight is 297 g/mol. The maximum atomic E-state index is 12.9. The van der Waals surface area contributed by atoms with Crippen molar-refractivity contribution in [3.05, 3.63) is 72.2 Å². The van der Waals surface area contributed by atoms with E-state index in [0.717, 1.165) is 0 Å². The number of hydrogen-bond donors (Lipinski definition) is 1. The van der Waals surface area contributed by atoms with Crippen LogP contribution in [0.25, 0.3) is 11.4 Å². The van der Waals surface area contributed by atoms with Gasteiger partial charge in [0.05, 0.1) is 18.4 Å². The van der Waals surface area contributed by atoms with E-state index in [0.29, 0.717) is 29.3 Å². The number of halogens is 1. The van der Waals surface area contributed by atoms with Crippen molar-refractivity contribution in [2.45, 2.75) is 6.54 Å². The van der Waals surface area contributed by atoms with Gasteiger partial charge >= 0.3 is 0 Å². The SMILES string of the molecule is O=C(NCc1ccco1)c1cnc(-c2ccc(F)cc2)nc1. The minimum Gasteiger partial charge on any atom is -0.467 e. The van der Waals surface area contributed by atoms with Crippen LogP contribution in [0.15, 0.2) is 59.5 Å². The van der Waals surface area contributed by atoms with Gasteiger partial charge in [-0.1, -0.05) is 0 Å². The molecule has 2 aromatic heterocycles. The van der Waals surface area contributed by atoms with Crippen molar-refractivity contribution in [1.82, 2.24) is 15.3 Å². The second-order valence-electron chi connectivity index (χ2n) is 4.56. The fourth-order valence-corrected chi connectivity index (χ4v) is 1.88. The normalized spacial score (nSPS) is 10.4. The monoisotopic (exact) mass is 297 g/mol. The van der Waals surface area contributed by atoms with Crippen molar-refractivity contribution in [1.29, 1.82) is 0 Å². The van der Waals surface area contributed by atoms with Gasteiger partial charge < -0.3 is 9.73 Å². The lowest BCUT2D eigenvalue weighted by molar-refractivity contribution is 0.0947. The highest BCUT2D eigenvalue weighted by Gasteiger charge is 2.08. The minimum absolute atomic E-state index is 0.290. The number of carbonyl (C=O) groups excluding carboxylic acids is 1. The third kappa shape index (κ3) is 3.17. The van der Waals surface area contributed by atoms with Crippen LogP contribution >= 0.6 is 0 Å². The molecule has 0 atom stereocenters. The molecule has 0 bridgehead atoms. The number of nitrogens with zero attached hydrogens (tertiary/aromatic N) is 2. The summed E-state index contributed by atoms with van der Waals surface area (Å²) in [7, 11) is 0. The molecule has 0 unspecified atom stereocenters. The number of amides is 1. The van der Waals surface area contributed by atoms with Crippen molar-refractivity contribution in [2.24, 2.45) is 0 Å². The Labute approximate surface area is 125 Å². The summed E-state index contributed by atoms with van der Waals surface area (Å²) in [5, 5.41) is 2.71. The molecule has 6 heteroatoms. The number of furan rings is 1. The van der Waals surface area contributed by atoms with Crippen LogP contribution in [0, 0.1) is 5.82 Å². The van der Waals surface area contributed by atoms with Crippen LogP contribution in [-0.2, 0) is 6.54 Å². The number of benzene rings is 1. The van der Waals surface area contributed by atoms with E-state index in [9.17, 15) is 9.18 Å². The molecule has 110 valence electrons. The summed E-state index contributed by atoms with van der Waals surface area (Å²) < 4.78 is 18.0. The summed E-state index contributed by atoms with van der Waals surface area (Å²) >= 11 is 0. The topological polar surface area (TPSA) is 68.0 Å². The number of carbonyl (C=O) groups is 1. The second-order valence-corrected chi connectivity index (χ2v) is 4.56. The fraction of sp³-hybridized carbons (Fsp3) is 0.0625. The average Bonchev–Trinajstić information content (AvgIpc) is 3.07. The number of hydrogen-bond acceptors (Lipinski definition) is 4. The molecule has 3 aromatic rings. The van der Waals surface area contributed by atoms with Crippen LogP contribution in [0.4, 0.5) is 4.39 Å². The van der Waals surface area contributed by atoms with E-state index in [1.165, 1.54) is 24.5 Å². The number of nitrogens with one attached hydrogen (secondary N) is 1. The Morgan fingerprint density at radius 1 is 1.14 bits per heavy atom. The van der Waals surface area contributed by atoms with Crippen LogP contribution in [0.3, 0.4) is 0 Å². The van der Waals surface area contributed by atoms with Gasteiger partial charge in [0.2, 0.25) is 0 Å². The van der Waals surface area contributed by atoms with Gasteiger partial charge in [-0.3, -0.25) is 4.79 Å². The zero-order valence-corrected chi connectivity index (χ0v) is 11.5.